The number of amides is 1. The molecule has 8 heteroatoms. The Balaban J connectivity index is 1.52. The number of rotatable bonds is 5. The molecule has 2 aromatic heterocycles. The van der Waals surface area contributed by atoms with Crippen molar-refractivity contribution < 1.29 is 13.9 Å². The molecule has 0 saturated carbocycles. The number of nitrogens with zero attached hydrogens (tertiary/aromatic N) is 3. The van der Waals surface area contributed by atoms with Crippen molar-refractivity contribution in [1.29, 1.82) is 0 Å². The SMILES string of the molecule is O=C1c2oc3ccc(Cl)cc3c(=O)c2[C@@H](c2ccccn2)N1CCCN1CCOCC1. The molecule has 1 fully saturated rings. The van der Waals surface area contributed by atoms with Crippen LogP contribution in [-0.2, 0) is 4.74 Å². The number of aromatic nitrogens is 1. The summed E-state index contributed by atoms with van der Waals surface area (Å²) in [7, 11) is 0. The summed E-state index contributed by atoms with van der Waals surface area (Å²) in [5.74, 6) is -0.177. The number of carbonyl (C=O) groups excluding carboxylic acids is 1. The summed E-state index contributed by atoms with van der Waals surface area (Å²) in [6.07, 6.45) is 2.45. The van der Waals surface area contributed by atoms with Crippen molar-refractivity contribution in [2.75, 3.05) is 39.4 Å². The van der Waals surface area contributed by atoms with Crippen molar-refractivity contribution in [2.45, 2.75) is 12.5 Å². The second-order valence-electron chi connectivity index (χ2n) is 7.78. The van der Waals surface area contributed by atoms with E-state index in [4.69, 9.17) is 20.8 Å². The maximum atomic E-state index is 13.4. The summed E-state index contributed by atoms with van der Waals surface area (Å²) in [5, 5.41) is 0.816. The smallest absolute Gasteiger partial charge is 0.290 e. The number of halogens is 1. The van der Waals surface area contributed by atoms with Gasteiger partial charge >= 0.3 is 0 Å². The Morgan fingerprint density at radius 2 is 1.94 bits per heavy atom. The Labute approximate surface area is 184 Å². The Bertz CT molecular complexity index is 1170. The van der Waals surface area contributed by atoms with Gasteiger partial charge in [0.15, 0.2) is 5.43 Å². The highest BCUT2D eigenvalue weighted by molar-refractivity contribution is 6.31. The van der Waals surface area contributed by atoms with Gasteiger partial charge in [-0.05, 0) is 36.8 Å². The van der Waals surface area contributed by atoms with Crippen LogP contribution in [0.4, 0.5) is 0 Å². The van der Waals surface area contributed by atoms with Crippen LogP contribution in [0.1, 0.15) is 34.3 Å². The predicted molar refractivity (Wildman–Crippen MR) is 116 cm³/mol. The number of benzene rings is 1. The lowest BCUT2D eigenvalue weighted by molar-refractivity contribution is 0.0353. The zero-order valence-electron chi connectivity index (χ0n) is 16.9. The monoisotopic (exact) mass is 439 g/mol. The van der Waals surface area contributed by atoms with Gasteiger partial charge in [0.05, 0.1) is 29.9 Å². The third-order valence-electron chi connectivity index (χ3n) is 5.87. The van der Waals surface area contributed by atoms with E-state index in [1.807, 2.05) is 18.2 Å². The van der Waals surface area contributed by atoms with E-state index in [0.29, 0.717) is 33.8 Å². The van der Waals surface area contributed by atoms with Crippen LogP contribution in [0.5, 0.6) is 0 Å². The summed E-state index contributed by atoms with van der Waals surface area (Å²) < 4.78 is 11.3. The van der Waals surface area contributed by atoms with E-state index in [0.717, 1.165) is 39.3 Å². The summed E-state index contributed by atoms with van der Waals surface area (Å²) in [6, 6.07) is 9.79. The van der Waals surface area contributed by atoms with Gasteiger partial charge in [0.2, 0.25) is 5.76 Å². The number of pyridine rings is 1. The van der Waals surface area contributed by atoms with Gasteiger partial charge in [-0.25, -0.2) is 0 Å². The first kappa shape index (κ1) is 20.2. The average Bonchev–Trinajstić information content (AvgIpc) is 3.08. The molecule has 1 amide bonds. The van der Waals surface area contributed by atoms with Gasteiger partial charge < -0.3 is 14.1 Å². The van der Waals surface area contributed by atoms with Crippen molar-refractivity contribution in [3.63, 3.8) is 0 Å². The topological polar surface area (TPSA) is 75.9 Å². The van der Waals surface area contributed by atoms with Gasteiger partial charge in [-0.1, -0.05) is 17.7 Å². The van der Waals surface area contributed by atoms with E-state index >= 15 is 0 Å². The molecular formula is C23H22ClN3O4. The molecule has 0 unspecified atom stereocenters. The maximum absolute atomic E-state index is 13.4. The molecule has 0 bridgehead atoms. The fourth-order valence-corrected chi connectivity index (χ4v) is 4.53. The number of carbonyl (C=O) groups is 1. The largest absolute Gasteiger partial charge is 0.450 e. The molecule has 31 heavy (non-hydrogen) atoms. The maximum Gasteiger partial charge on any atom is 0.290 e. The second kappa shape index (κ2) is 8.42. The number of ether oxygens (including phenoxy) is 1. The minimum absolute atomic E-state index is 0.0989. The van der Waals surface area contributed by atoms with Crippen LogP contribution in [0.3, 0.4) is 0 Å². The molecule has 2 aliphatic heterocycles. The van der Waals surface area contributed by atoms with Crippen LogP contribution in [0.15, 0.2) is 51.8 Å². The summed E-state index contributed by atoms with van der Waals surface area (Å²) >= 11 is 6.11. The minimum atomic E-state index is -0.576. The van der Waals surface area contributed by atoms with Crippen LogP contribution in [-0.4, -0.2) is 60.1 Å². The fourth-order valence-electron chi connectivity index (χ4n) is 4.36. The lowest BCUT2D eigenvalue weighted by Gasteiger charge is -2.28. The summed E-state index contributed by atoms with van der Waals surface area (Å²) in [5.41, 5.74) is 1.11. The minimum Gasteiger partial charge on any atom is -0.450 e. The van der Waals surface area contributed by atoms with E-state index in [1.165, 1.54) is 0 Å². The van der Waals surface area contributed by atoms with Gasteiger partial charge in [-0.2, -0.15) is 0 Å². The van der Waals surface area contributed by atoms with Crippen LogP contribution in [0, 0.1) is 0 Å². The van der Waals surface area contributed by atoms with Gasteiger partial charge in [-0.15, -0.1) is 0 Å². The molecule has 7 nitrogen and oxygen atoms in total. The van der Waals surface area contributed by atoms with Crippen LogP contribution in [0.25, 0.3) is 11.0 Å². The molecule has 0 spiro atoms. The molecule has 3 aromatic rings. The lowest BCUT2D eigenvalue weighted by Crippen LogP contribution is -2.39. The third kappa shape index (κ3) is 3.73. The van der Waals surface area contributed by atoms with Crippen LogP contribution < -0.4 is 5.43 Å². The molecule has 1 atom stereocenters. The zero-order valence-corrected chi connectivity index (χ0v) is 17.7. The van der Waals surface area contributed by atoms with E-state index in [2.05, 4.69) is 9.88 Å². The lowest BCUT2D eigenvalue weighted by atomic mass is 10.0. The van der Waals surface area contributed by atoms with E-state index in [-0.39, 0.29) is 17.1 Å². The number of hydrogen-bond donors (Lipinski definition) is 0. The molecule has 1 aromatic carbocycles. The normalized spacial score (nSPS) is 19.2. The second-order valence-corrected chi connectivity index (χ2v) is 8.21. The highest BCUT2D eigenvalue weighted by Crippen LogP contribution is 2.37. The molecule has 160 valence electrons. The number of hydrogen-bond acceptors (Lipinski definition) is 6. The van der Waals surface area contributed by atoms with Crippen molar-refractivity contribution in [3.05, 3.63) is 74.9 Å². The van der Waals surface area contributed by atoms with E-state index < -0.39 is 6.04 Å². The molecule has 0 radical (unpaired) electrons. The van der Waals surface area contributed by atoms with Crippen molar-refractivity contribution in [2.24, 2.45) is 0 Å². The number of morpholine rings is 1. The first-order chi connectivity index (χ1) is 15.1. The first-order valence-corrected chi connectivity index (χ1v) is 10.8. The molecule has 1 saturated heterocycles. The molecule has 5 rings (SSSR count). The van der Waals surface area contributed by atoms with Crippen LogP contribution in [0.2, 0.25) is 5.02 Å². The standard InChI is InChI=1S/C23H22ClN3O4/c24-15-5-6-18-16(14-15)21(28)19-20(17-4-1-2-7-25-17)27(23(29)22(19)31-18)9-3-8-26-10-12-30-13-11-26/h1-2,4-7,14,20H,3,8-13H2/t20-/m1/s1. The van der Waals surface area contributed by atoms with Crippen molar-refractivity contribution in [1.82, 2.24) is 14.8 Å². The summed E-state index contributed by atoms with van der Waals surface area (Å²) in [4.78, 5) is 35.2. The Morgan fingerprint density at radius 3 is 2.71 bits per heavy atom. The van der Waals surface area contributed by atoms with Crippen LogP contribution >= 0.6 is 11.6 Å². The molecule has 0 N–H and O–H groups in total. The Morgan fingerprint density at radius 1 is 1.10 bits per heavy atom. The summed E-state index contributed by atoms with van der Waals surface area (Å²) in [6.45, 7) is 4.61. The van der Waals surface area contributed by atoms with Gasteiger partial charge in [-0.3, -0.25) is 19.5 Å². The highest BCUT2D eigenvalue weighted by Gasteiger charge is 2.43. The first-order valence-electron chi connectivity index (χ1n) is 10.4. The van der Waals surface area contributed by atoms with Gasteiger partial charge in [0, 0.05) is 37.4 Å². The third-order valence-corrected chi connectivity index (χ3v) is 6.11. The Kier molecular flexibility index (Phi) is 5.48. The van der Waals surface area contributed by atoms with Gasteiger partial charge in [0.1, 0.15) is 11.6 Å². The molecule has 0 aliphatic carbocycles. The Hall–Kier alpha value is -2.74. The quantitative estimate of drug-likeness (QED) is 0.608. The molecule has 4 heterocycles. The zero-order chi connectivity index (χ0) is 21.4. The van der Waals surface area contributed by atoms with Crippen molar-refractivity contribution in [3.8, 4) is 0 Å². The highest BCUT2D eigenvalue weighted by atomic mass is 35.5. The van der Waals surface area contributed by atoms with E-state index in [1.54, 1.807) is 29.3 Å². The van der Waals surface area contributed by atoms with Crippen molar-refractivity contribution >= 4 is 28.5 Å². The molecular weight excluding hydrogens is 418 g/mol. The molecule has 2 aliphatic rings. The van der Waals surface area contributed by atoms with E-state index in [9.17, 15) is 9.59 Å². The average molecular weight is 440 g/mol. The fraction of sp³-hybridized carbons (Fsp3) is 0.348. The number of fused-ring (bicyclic) bond motifs is 2. The predicted octanol–water partition coefficient (Wildman–Crippen LogP) is 3.11. The van der Waals surface area contributed by atoms with Gasteiger partial charge in [0.25, 0.3) is 5.91 Å².